The molecule has 1 aliphatic heterocycles. The van der Waals surface area contributed by atoms with Crippen molar-refractivity contribution in [3.8, 4) is 0 Å². The molecule has 0 fully saturated rings. The molecule has 0 bridgehead atoms. The van der Waals surface area contributed by atoms with E-state index in [-0.39, 0.29) is 15.8 Å². The fourth-order valence-electron chi connectivity index (χ4n) is 2.93. The van der Waals surface area contributed by atoms with E-state index in [1.54, 1.807) is 29.2 Å². The molecule has 0 spiro atoms. The van der Waals surface area contributed by atoms with Crippen LogP contribution in [0.5, 0.6) is 0 Å². The number of nitrogens with one attached hydrogen (secondary N) is 1. The summed E-state index contributed by atoms with van der Waals surface area (Å²) >= 11 is 6.01. The Kier molecular flexibility index (Phi) is 4.75. The first kappa shape index (κ1) is 18.7. The third kappa shape index (κ3) is 3.57. The van der Waals surface area contributed by atoms with E-state index in [1.807, 2.05) is 26.8 Å². The third-order valence-corrected chi connectivity index (χ3v) is 6.13. The van der Waals surface area contributed by atoms with Gasteiger partial charge in [0.1, 0.15) is 4.90 Å². The molecule has 138 valence electrons. The molecule has 0 atom stereocenters. The van der Waals surface area contributed by atoms with Gasteiger partial charge in [-0.3, -0.25) is 9.52 Å². The van der Waals surface area contributed by atoms with Crippen LogP contribution in [0.3, 0.4) is 0 Å². The van der Waals surface area contributed by atoms with Gasteiger partial charge in [-0.15, -0.1) is 0 Å². The topological polar surface area (TPSA) is 66.5 Å². The van der Waals surface area contributed by atoms with Gasteiger partial charge < -0.3 is 4.90 Å². The molecule has 0 aliphatic carbocycles. The van der Waals surface area contributed by atoms with Crippen LogP contribution in [0.2, 0.25) is 5.02 Å². The van der Waals surface area contributed by atoms with Gasteiger partial charge in [-0.05, 0) is 36.2 Å². The van der Waals surface area contributed by atoms with Crippen LogP contribution >= 0.6 is 11.6 Å². The maximum absolute atomic E-state index is 12.7. The van der Waals surface area contributed by atoms with Gasteiger partial charge in [0.25, 0.3) is 10.0 Å². The van der Waals surface area contributed by atoms with Crippen LogP contribution in [-0.2, 0) is 21.2 Å². The standard InChI is InChI=1S/C19H21ClN2O3S/c1-19(2,3)18(23)22-11-10-13-8-9-14(12-16(13)22)21-26(24,25)17-7-5-4-6-15(17)20/h4-9,12,21H,10-11H2,1-3H3. The molecule has 0 radical (unpaired) electrons. The Morgan fingerprint density at radius 2 is 1.85 bits per heavy atom. The lowest BCUT2D eigenvalue weighted by atomic mass is 9.94. The van der Waals surface area contributed by atoms with Crippen molar-refractivity contribution in [1.82, 2.24) is 0 Å². The molecule has 1 N–H and O–H groups in total. The number of carbonyl (C=O) groups excluding carboxylic acids is 1. The summed E-state index contributed by atoms with van der Waals surface area (Å²) in [5, 5.41) is 0.158. The quantitative estimate of drug-likeness (QED) is 0.855. The van der Waals surface area contributed by atoms with Crippen LogP contribution in [-0.4, -0.2) is 20.9 Å². The molecule has 0 saturated heterocycles. The van der Waals surface area contributed by atoms with Gasteiger partial charge in [0.15, 0.2) is 0 Å². The highest BCUT2D eigenvalue weighted by Crippen LogP contribution is 2.34. The Morgan fingerprint density at radius 3 is 2.50 bits per heavy atom. The number of rotatable bonds is 3. The van der Waals surface area contributed by atoms with Crippen LogP contribution in [0.15, 0.2) is 47.4 Å². The average molecular weight is 393 g/mol. The van der Waals surface area contributed by atoms with Crippen molar-refractivity contribution >= 4 is 38.9 Å². The minimum Gasteiger partial charge on any atom is -0.311 e. The van der Waals surface area contributed by atoms with Crippen LogP contribution < -0.4 is 9.62 Å². The third-order valence-electron chi connectivity index (χ3n) is 4.25. The monoisotopic (exact) mass is 392 g/mol. The van der Waals surface area contributed by atoms with E-state index >= 15 is 0 Å². The van der Waals surface area contributed by atoms with Crippen molar-refractivity contribution in [2.24, 2.45) is 5.41 Å². The molecule has 0 saturated carbocycles. The van der Waals surface area contributed by atoms with Gasteiger partial charge in [-0.25, -0.2) is 8.42 Å². The van der Waals surface area contributed by atoms with Crippen molar-refractivity contribution in [2.45, 2.75) is 32.1 Å². The molecule has 7 heteroatoms. The molecule has 5 nitrogen and oxygen atoms in total. The Morgan fingerprint density at radius 1 is 1.15 bits per heavy atom. The minimum atomic E-state index is -3.81. The minimum absolute atomic E-state index is 0.0161. The molecule has 1 amide bonds. The predicted molar refractivity (Wildman–Crippen MR) is 104 cm³/mol. The molecule has 2 aromatic carbocycles. The van der Waals surface area contributed by atoms with Crippen LogP contribution in [0.1, 0.15) is 26.3 Å². The molecular formula is C19H21ClN2O3S. The highest BCUT2D eigenvalue weighted by Gasteiger charge is 2.32. The number of carbonyl (C=O) groups is 1. The second kappa shape index (κ2) is 6.59. The SMILES string of the molecule is CC(C)(C)C(=O)N1CCc2ccc(NS(=O)(=O)c3ccccc3Cl)cc21. The maximum Gasteiger partial charge on any atom is 0.263 e. The average Bonchev–Trinajstić information content (AvgIpc) is 2.96. The number of halogens is 1. The Hall–Kier alpha value is -2.05. The fourth-order valence-corrected chi connectivity index (χ4v) is 4.50. The highest BCUT2D eigenvalue weighted by atomic mass is 35.5. The first-order chi connectivity index (χ1) is 12.1. The second-order valence-corrected chi connectivity index (χ2v) is 9.39. The number of sulfonamides is 1. The zero-order valence-corrected chi connectivity index (χ0v) is 16.5. The summed E-state index contributed by atoms with van der Waals surface area (Å²) in [7, 11) is -3.81. The highest BCUT2D eigenvalue weighted by molar-refractivity contribution is 7.92. The molecule has 1 heterocycles. The fraction of sp³-hybridized carbons (Fsp3) is 0.316. The molecule has 0 unspecified atom stereocenters. The molecule has 2 aromatic rings. The number of amides is 1. The van der Waals surface area contributed by atoms with E-state index in [1.165, 1.54) is 12.1 Å². The molecular weight excluding hydrogens is 372 g/mol. The van der Waals surface area contributed by atoms with E-state index in [0.717, 1.165) is 17.7 Å². The van der Waals surface area contributed by atoms with Crippen molar-refractivity contribution in [3.05, 3.63) is 53.1 Å². The van der Waals surface area contributed by atoms with Gasteiger partial charge in [0.2, 0.25) is 5.91 Å². The summed E-state index contributed by atoms with van der Waals surface area (Å²) in [5.41, 5.74) is 1.68. The van der Waals surface area contributed by atoms with Gasteiger partial charge in [-0.2, -0.15) is 0 Å². The van der Waals surface area contributed by atoms with E-state index in [4.69, 9.17) is 11.6 Å². The number of fused-ring (bicyclic) bond motifs is 1. The summed E-state index contributed by atoms with van der Waals surface area (Å²) in [4.78, 5) is 14.4. The van der Waals surface area contributed by atoms with E-state index < -0.39 is 15.4 Å². The van der Waals surface area contributed by atoms with Crippen molar-refractivity contribution in [3.63, 3.8) is 0 Å². The number of nitrogens with zero attached hydrogens (tertiary/aromatic N) is 1. The second-order valence-electron chi connectivity index (χ2n) is 7.34. The van der Waals surface area contributed by atoms with Gasteiger partial charge in [-0.1, -0.05) is 50.6 Å². The number of hydrogen-bond donors (Lipinski definition) is 1. The summed E-state index contributed by atoms with van der Waals surface area (Å²) in [6.07, 6.45) is 0.759. The lowest BCUT2D eigenvalue weighted by Crippen LogP contribution is -2.38. The van der Waals surface area contributed by atoms with Crippen LogP contribution in [0, 0.1) is 5.41 Å². The van der Waals surface area contributed by atoms with Crippen molar-refractivity contribution in [1.29, 1.82) is 0 Å². The smallest absolute Gasteiger partial charge is 0.263 e. The normalized spacial score (nSPS) is 14.2. The van der Waals surface area contributed by atoms with E-state index in [0.29, 0.717) is 12.2 Å². The van der Waals surface area contributed by atoms with Gasteiger partial charge in [0.05, 0.1) is 10.7 Å². The summed E-state index contributed by atoms with van der Waals surface area (Å²) in [6.45, 7) is 6.22. The maximum atomic E-state index is 12.7. The summed E-state index contributed by atoms with van der Waals surface area (Å²) < 4.78 is 27.8. The Balaban J connectivity index is 1.93. The van der Waals surface area contributed by atoms with E-state index in [9.17, 15) is 13.2 Å². The first-order valence-electron chi connectivity index (χ1n) is 8.32. The molecule has 0 aromatic heterocycles. The van der Waals surface area contributed by atoms with E-state index in [2.05, 4.69) is 4.72 Å². The predicted octanol–water partition coefficient (Wildman–Crippen LogP) is 4.08. The lowest BCUT2D eigenvalue weighted by molar-refractivity contribution is -0.125. The van der Waals surface area contributed by atoms with Crippen LogP contribution in [0.4, 0.5) is 11.4 Å². The molecule has 1 aliphatic rings. The zero-order chi connectivity index (χ0) is 19.1. The summed E-state index contributed by atoms with van der Waals surface area (Å²) in [5.74, 6) is 0.0161. The van der Waals surface area contributed by atoms with Crippen LogP contribution in [0.25, 0.3) is 0 Å². The van der Waals surface area contributed by atoms with Crippen molar-refractivity contribution in [2.75, 3.05) is 16.2 Å². The lowest BCUT2D eigenvalue weighted by Gasteiger charge is -2.26. The summed E-state index contributed by atoms with van der Waals surface area (Å²) in [6, 6.07) is 11.5. The first-order valence-corrected chi connectivity index (χ1v) is 10.2. The Labute approximate surface area is 159 Å². The van der Waals surface area contributed by atoms with Gasteiger partial charge >= 0.3 is 0 Å². The zero-order valence-electron chi connectivity index (χ0n) is 14.9. The molecule has 26 heavy (non-hydrogen) atoms. The largest absolute Gasteiger partial charge is 0.311 e. The number of anilines is 2. The van der Waals surface area contributed by atoms with Crippen molar-refractivity contribution < 1.29 is 13.2 Å². The van der Waals surface area contributed by atoms with Gasteiger partial charge in [0, 0.05) is 17.6 Å². The molecule has 3 rings (SSSR count). The number of benzene rings is 2. The number of hydrogen-bond acceptors (Lipinski definition) is 3. The Bertz CT molecular complexity index is 965.